The summed E-state index contributed by atoms with van der Waals surface area (Å²) in [7, 11) is 0. The number of nitrogens with zero attached hydrogens (tertiary/aromatic N) is 4. The average Bonchev–Trinajstić information content (AvgIpc) is 3.27. The lowest BCUT2D eigenvalue weighted by atomic mass is 10.1. The van der Waals surface area contributed by atoms with Gasteiger partial charge < -0.3 is 19.9 Å². The lowest BCUT2D eigenvalue weighted by molar-refractivity contribution is 0.270. The number of piperazine rings is 1. The molecule has 2 heterocycles. The van der Waals surface area contributed by atoms with E-state index >= 15 is 4.39 Å². The molecular formula is C26H25F4N5O. The molecule has 2 aromatic carbocycles. The zero-order valence-electron chi connectivity index (χ0n) is 19.9. The van der Waals surface area contributed by atoms with Crippen LogP contribution in [0.5, 0.6) is 11.6 Å². The second-order valence-corrected chi connectivity index (χ2v) is 8.89. The summed E-state index contributed by atoms with van der Waals surface area (Å²) >= 11 is 0. The first-order valence-corrected chi connectivity index (χ1v) is 11.7. The first kappa shape index (κ1) is 24.1. The minimum atomic E-state index is -1.02. The Bertz CT molecular complexity index is 1340. The molecule has 188 valence electrons. The zero-order chi connectivity index (χ0) is 25.4. The van der Waals surface area contributed by atoms with Crippen LogP contribution >= 0.6 is 0 Å². The van der Waals surface area contributed by atoms with Gasteiger partial charge in [0.2, 0.25) is 5.82 Å². The molecule has 0 spiro atoms. The number of anilines is 3. The van der Waals surface area contributed by atoms with Gasteiger partial charge in [0.25, 0.3) is 5.88 Å². The van der Waals surface area contributed by atoms with Crippen LogP contribution in [-0.2, 0) is 6.42 Å². The molecule has 5 rings (SSSR count). The van der Waals surface area contributed by atoms with Crippen LogP contribution in [0, 0.1) is 23.3 Å². The Labute approximate surface area is 206 Å². The fourth-order valence-corrected chi connectivity index (χ4v) is 4.54. The van der Waals surface area contributed by atoms with Gasteiger partial charge in [0.15, 0.2) is 17.4 Å². The van der Waals surface area contributed by atoms with Crippen molar-refractivity contribution in [2.45, 2.75) is 20.3 Å². The Morgan fingerprint density at radius 2 is 1.75 bits per heavy atom. The Kier molecular flexibility index (Phi) is 6.53. The maximum atomic E-state index is 15.1. The highest BCUT2D eigenvalue weighted by molar-refractivity contribution is 5.66. The van der Waals surface area contributed by atoms with Crippen LogP contribution < -0.4 is 15.0 Å². The van der Waals surface area contributed by atoms with Crippen LogP contribution in [-0.4, -0.2) is 47.6 Å². The molecule has 2 aliphatic rings. The topological polar surface area (TPSA) is 53.5 Å². The number of likely N-dealkylation sites (N-methyl/N-ethyl adjacent to an activating group) is 1. The van der Waals surface area contributed by atoms with Crippen molar-refractivity contribution in [1.29, 1.82) is 0 Å². The molecule has 36 heavy (non-hydrogen) atoms. The van der Waals surface area contributed by atoms with E-state index in [1.165, 1.54) is 12.1 Å². The first-order chi connectivity index (χ1) is 17.3. The van der Waals surface area contributed by atoms with Crippen LogP contribution in [0.15, 0.2) is 36.2 Å². The van der Waals surface area contributed by atoms with E-state index in [4.69, 9.17) is 4.74 Å². The quantitative estimate of drug-likeness (QED) is 0.441. The monoisotopic (exact) mass is 499 g/mol. The Hall–Kier alpha value is -3.66. The minimum absolute atomic E-state index is 0.0852. The SMILES string of the molecule is CCN1CCN(c2ccc(Nc3ncnc(Oc4cc(F)c5c(c4F)C=C(C)C5)c3F)cc2F)CC1. The van der Waals surface area contributed by atoms with Gasteiger partial charge in [-0.05, 0) is 38.1 Å². The van der Waals surface area contributed by atoms with Gasteiger partial charge in [0.05, 0.1) is 5.69 Å². The summed E-state index contributed by atoms with van der Waals surface area (Å²) in [4.78, 5) is 11.8. The van der Waals surface area contributed by atoms with E-state index in [2.05, 4.69) is 27.1 Å². The smallest absolute Gasteiger partial charge is 0.261 e. The summed E-state index contributed by atoms with van der Waals surface area (Å²) in [6.45, 7) is 7.97. The van der Waals surface area contributed by atoms with E-state index in [0.717, 1.165) is 37.6 Å². The summed E-state index contributed by atoms with van der Waals surface area (Å²) < 4.78 is 64.6. The van der Waals surface area contributed by atoms with Crippen LogP contribution in [0.1, 0.15) is 25.0 Å². The van der Waals surface area contributed by atoms with Gasteiger partial charge in [-0.15, -0.1) is 0 Å². The number of ether oxygens (including phenoxy) is 1. The average molecular weight is 500 g/mol. The number of fused-ring (bicyclic) bond motifs is 1. The number of allylic oxidation sites excluding steroid dienone is 1. The van der Waals surface area contributed by atoms with Crippen LogP contribution in [0.3, 0.4) is 0 Å². The summed E-state index contributed by atoms with van der Waals surface area (Å²) in [5.74, 6) is -4.28. The van der Waals surface area contributed by atoms with Crippen molar-refractivity contribution in [3.05, 3.63) is 70.6 Å². The predicted octanol–water partition coefficient (Wildman–Crippen LogP) is 5.67. The van der Waals surface area contributed by atoms with Gasteiger partial charge in [0.1, 0.15) is 18.0 Å². The molecule has 1 aliphatic carbocycles. The number of benzene rings is 2. The number of hydrogen-bond acceptors (Lipinski definition) is 6. The van der Waals surface area contributed by atoms with Gasteiger partial charge in [-0.25, -0.2) is 18.2 Å². The first-order valence-electron chi connectivity index (χ1n) is 11.7. The number of aromatic nitrogens is 2. The van der Waals surface area contributed by atoms with Crippen molar-refractivity contribution in [3.63, 3.8) is 0 Å². The van der Waals surface area contributed by atoms with E-state index in [-0.39, 0.29) is 22.6 Å². The molecule has 6 nitrogen and oxygen atoms in total. The minimum Gasteiger partial charge on any atom is -0.433 e. The molecule has 3 aromatic rings. The second kappa shape index (κ2) is 9.77. The van der Waals surface area contributed by atoms with Crippen LogP contribution in [0.2, 0.25) is 0 Å². The third-order valence-electron chi connectivity index (χ3n) is 6.51. The van der Waals surface area contributed by atoms with Crippen LogP contribution in [0.25, 0.3) is 6.08 Å². The van der Waals surface area contributed by atoms with Crippen molar-refractivity contribution >= 4 is 23.3 Å². The molecule has 0 radical (unpaired) electrons. The van der Waals surface area contributed by atoms with Gasteiger partial charge >= 0.3 is 0 Å². The van der Waals surface area contributed by atoms with Crippen molar-refractivity contribution in [3.8, 4) is 11.6 Å². The fraction of sp³-hybridized carbons (Fsp3) is 0.308. The third kappa shape index (κ3) is 4.60. The number of nitrogens with one attached hydrogen (secondary N) is 1. The Morgan fingerprint density at radius 3 is 2.47 bits per heavy atom. The van der Waals surface area contributed by atoms with E-state index in [1.54, 1.807) is 19.1 Å². The van der Waals surface area contributed by atoms with Crippen LogP contribution in [0.4, 0.5) is 34.8 Å². The molecule has 1 aliphatic heterocycles. The van der Waals surface area contributed by atoms with E-state index in [9.17, 15) is 13.2 Å². The third-order valence-corrected chi connectivity index (χ3v) is 6.51. The molecule has 1 fully saturated rings. The predicted molar refractivity (Wildman–Crippen MR) is 130 cm³/mol. The number of halogens is 4. The zero-order valence-corrected chi connectivity index (χ0v) is 19.9. The van der Waals surface area contributed by atoms with E-state index in [1.807, 2.05) is 4.90 Å². The maximum Gasteiger partial charge on any atom is 0.261 e. The largest absolute Gasteiger partial charge is 0.433 e. The Morgan fingerprint density at radius 1 is 0.972 bits per heavy atom. The van der Waals surface area contributed by atoms with E-state index in [0.29, 0.717) is 25.2 Å². The lowest BCUT2D eigenvalue weighted by Crippen LogP contribution is -2.46. The van der Waals surface area contributed by atoms with Gasteiger partial charge in [-0.3, -0.25) is 0 Å². The van der Waals surface area contributed by atoms with E-state index < -0.39 is 34.9 Å². The molecule has 10 heteroatoms. The van der Waals surface area contributed by atoms with Gasteiger partial charge in [0, 0.05) is 49.1 Å². The highest BCUT2D eigenvalue weighted by atomic mass is 19.1. The number of hydrogen-bond donors (Lipinski definition) is 1. The van der Waals surface area contributed by atoms with Gasteiger partial charge in [-0.2, -0.15) is 9.37 Å². The standard InChI is InChI=1S/C26H25F4N5O/c1-3-34-6-8-35(9-7-34)21-5-4-16(12-20(21)28)33-25-24(30)26(32-14-31-25)36-22-13-19(27)17-10-15(2)11-18(17)23(22)29/h4-5,11-14H,3,6-10H2,1-2H3,(H,31,32,33). The Balaban J connectivity index is 1.34. The van der Waals surface area contributed by atoms with Gasteiger partial charge in [-0.1, -0.05) is 18.6 Å². The molecule has 1 N–H and O–H groups in total. The lowest BCUT2D eigenvalue weighted by Gasteiger charge is -2.35. The molecule has 1 aromatic heterocycles. The molecule has 0 amide bonds. The van der Waals surface area contributed by atoms with Crippen molar-refractivity contribution in [2.75, 3.05) is 42.9 Å². The summed E-state index contributed by atoms with van der Waals surface area (Å²) in [6.07, 6.45) is 2.86. The second-order valence-electron chi connectivity index (χ2n) is 8.89. The summed E-state index contributed by atoms with van der Waals surface area (Å²) in [6, 6.07) is 5.39. The fourth-order valence-electron chi connectivity index (χ4n) is 4.54. The van der Waals surface area contributed by atoms with Crippen molar-refractivity contribution in [1.82, 2.24) is 14.9 Å². The molecule has 0 bridgehead atoms. The molecule has 0 unspecified atom stereocenters. The summed E-state index contributed by atoms with van der Waals surface area (Å²) in [5.41, 5.74) is 1.87. The van der Waals surface area contributed by atoms with Crippen molar-refractivity contribution in [2.24, 2.45) is 0 Å². The molecule has 0 atom stereocenters. The van der Waals surface area contributed by atoms with Crippen molar-refractivity contribution < 1.29 is 22.3 Å². The highest BCUT2D eigenvalue weighted by Gasteiger charge is 2.25. The number of rotatable bonds is 6. The molecular weight excluding hydrogens is 474 g/mol. The molecule has 0 saturated carbocycles. The summed E-state index contributed by atoms with van der Waals surface area (Å²) in [5, 5.41) is 2.71. The molecule has 1 saturated heterocycles. The maximum absolute atomic E-state index is 15.1. The normalized spacial score (nSPS) is 15.6. The highest BCUT2D eigenvalue weighted by Crippen LogP contribution is 2.37.